The fourth-order valence-electron chi connectivity index (χ4n) is 2.96. The van der Waals surface area contributed by atoms with Crippen LogP contribution in [0.4, 0.5) is 11.4 Å². The summed E-state index contributed by atoms with van der Waals surface area (Å²) in [6, 6.07) is 11.7. The molecule has 29 heavy (non-hydrogen) atoms. The third-order valence-corrected chi connectivity index (χ3v) is 4.46. The zero-order chi connectivity index (χ0) is 20.1. The van der Waals surface area contributed by atoms with E-state index in [0.29, 0.717) is 25.0 Å². The van der Waals surface area contributed by atoms with Gasteiger partial charge < -0.3 is 14.8 Å². The first kappa shape index (κ1) is 19.0. The Morgan fingerprint density at radius 3 is 2.86 bits per heavy atom. The summed E-state index contributed by atoms with van der Waals surface area (Å²) in [6.45, 7) is 2.81. The number of ether oxygens (including phenoxy) is 2. The predicted molar refractivity (Wildman–Crippen MR) is 113 cm³/mol. The van der Waals surface area contributed by atoms with E-state index in [2.05, 4.69) is 25.5 Å². The molecule has 4 aromatic rings. The number of rotatable bonds is 8. The normalized spacial score (nSPS) is 10.8. The molecule has 0 unspecified atom stereocenters. The highest BCUT2D eigenvalue weighted by atomic mass is 35.5. The van der Waals surface area contributed by atoms with Gasteiger partial charge in [0.2, 0.25) is 5.88 Å². The van der Waals surface area contributed by atoms with Crippen LogP contribution in [0.5, 0.6) is 11.6 Å². The van der Waals surface area contributed by atoms with Gasteiger partial charge in [-0.05, 0) is 42.8 Å². The largest absolute Gasteiger partial charge is 0.487 e. The van der Waals surface area contributed by atoms with Crippen molar-refractivity contribution in [1.29, 1.82) is 0 Å². The van der Waals surface area contributed by atoms with Crippen molar-refractivity contribution in [2.45, 2.75) is 13.5 Å². The molecule has 4 rings (SSSR count). The molecule has 2 N–H and O–H groups in total. The molecule has 8 heteroatoms. The Hall–Kier alpha value is -3.32. The van der Waals surface area contributed by atoms with Crippen LogP contribution < -0.4 is 14.8 Å². The van der Waals surface area contributed by atoms with Gasteiger partial charge >= 0.3 is 0 Å². The summed E-state index contributed by atoms with van der Waals surface area (Å²) < 4.78 is 11.5. The Balaban J connectivity index is 1.52. The monoisotopic (exact) mass is 409 g/mol. The van der Waals surface area contributed by atoms with Crippen LogP contribution in [0.25, 0.3) is 10.9 Å². The molecule has 3 aromatic heterocycles. The van der Waals surface area contributed by atoms with Crippen LogP contribution in [0.1, 0.15) is 11.3 Å². The molecule has 7 nitrogen and oxygen atoms in total. The van der Waals surface area contributed by atoms with Crippen LogP contribution >= 0.6 is 11.6 Å². The second-order valence-corrected chi connectivity index (χ2v) is 6.77. The zero-order valence-corrected chi connectivity index (χ0v) is 16.6. The van der Waals surface area contributed by atoms with Crippen molar-refractivity contribution in [3.8, 4) is 11.6 Å². The van der Waals surface area contributed by atoms with Crippen LogP contribution in [0.15, 0.2) is 55.0 Å². The number of aromatic nitrogens is 4. The lowest BCUT2D eigenvalue weighted by atomic mass is 10.2. The average Bonchev–Trinajstić information content (AvgIpc) is 3.16. The summed E-state index contributed by atoms with van der Waals surface area (Å²) in [5.74, 6) is 1.70. The maximum atomic E-state index is 5.90. The molecule has 0 amide bonds. The minimum atomic E-state index is 0.380. The van der Waals surface area contributed by atoms with Gasteiger partial charge in [0.1, 0.15) is 19.0 Å². The number of aromatic amines is 1. The molecule has 0 aliphatic rings. The van der Waals surface area contributed by atoms with Gasteiger partial charge in [-0.3, -0.25) is 15.1 Å². The quantitative estimate of drug-likeness (QED) is 0.413. The van der Waals surface area contributed by atoms with E-state index in [0.717, 1.165) is 39.3 Å². The van der Waals surface area contributed by atoms with E-state index >= 15 is 0 Å². The maximum Gasteiger partial charge on any atom is 0.242 e. The summed E-state index contributed by atoms with van der Waals surface area (Å²) in [4.78, 5) is 8.54. The van der Waals surface area contributed by atoms with Gasteiger partial charge in [-0.15, -0.1) is 16.7 Å². The number of fused-ring (bicyclic) bond motifs is 1. The number of pyridine rings is 2. The van der Waals surface area contributed by atoms with Crippen LogP contribution in [-0.4, -0.2) is 32.7 Å². The van der Waals surface area contributed by atoms with Gasteiger partial charge in [0.05, 0.1) is 40.6 Å². The fraction of sp³-hybridized carbons (Fsp3) is 0.190. The van der Waals surface area contributed by atoms with E-state index < -0.39 is 0 Å². The van der Waals surface area contributed by atoms with Gasteiger partial charge in [0, 0.05) is 11.9 Å². The fourth-order valence-corrected chi connectivity index (χ4v) is 3.03. The lowest BCUT2D eigenvalue weighted by molar-refractivity contribution is 0.299. The number of nitrogens with one attached hydrogen (secondary N) is 2. The SMILES string of the molecule is Cc1cc(Nc2cncc3[nH]nc(OCCCl)c23)ccc1OCc1ccccn1. The second-order valence-electron chi connectivity index (χ2n) is 6.39. The summed E-state index contributed by atoms with van der Waals surface area (Å²) >= 11 is 5.73. The van der Waals surface area contributed by atoms with Crippen molar-refractivity contribution in [1.82, 2.24) is 20.2 Å². The molecule has 1 aromatic carbocycles. The Labute approximate surface area is 173 Å². The Morgan fingerprint density at radius 2 is 2.07 bits per heavy atom. The summed E-state index contributed by atoms with van der Waals surface area (Å²) in [6.07, 6.45) is 5.21. The Kier molecular flexibility index (Phi) is 5.76. The Bertz CT molecular complexity index is 1100. The van der Waals surface area contributed by atoms with Crippen LogP contribution in [0, 0.1) is 6.92 Å². The first-order valence-corrected chi connectivity index (χ1v) is 9.69. The van der Waals surface area contributed by atoms with E-state index in [1.807, 2.05) is 43.3 Å². The third kappa shape index (κ3) is 4.41. The van der Waals surface area contributed by atoms with E-state index in [9.17, 15) is 0 Å². The smallest absolute Gasteiger partial charge is 0.242 e. The number of anilines is 2. The number of H-pyrrole nitrogens is 1. The van der Waals surface area contributed by atoms with Crippen molar-refractivity contribution in [3.05, 3.63) is 66.2 Å². The maximum absolute atomic E-state index is 5.90. The minimum Gasteiger partial charge on any atom is -0.487 e. The molecule has 0 radical (unpaired) electrons. The number of benzene rings is 1. The Morgan fingerprint density at radius 1 is 1.14 bits per heavy atom. The lowest BCUT2D eigenvalue weighted by Gasteiger charge is -2.12. The van der Waals surface area contributed by atoms with Crippen molar-refractivity contribution in [2.24, 2.45) is 0 Å². The number of nitrogens with zero attached hydrogens (tertiary/aromatic N) is 3. The molecule has 0 saturated carbocycles. The summed E-state index contributed by atoms with van der Waals surface area (Å²) in [5, 5.41) is 11.4. The van der Waals surface area contributed by atoms with Gasteiger partial charge in [-0.2, -0.15) is 0 Å². The van der Waals surface area contributed by atoms with Gasteiger partial charge in [-0.1, -0.05) is 6.07 Å². The first-order valence-electron chi connectivity index (χ1n) is 9.16. The molecule has 0 spiro atoms. The molecule has 0 atom stereocenters. The third-order valence-electron chi connectivity index (χ3n) is 4.31. The number of halogens is 1. The highest BCUT2D eigenvalue weighted by molar-refractivity contribution is 6.18. The zero-order valence-electron chi connectivity index (χ0n) is 15.9. The van der Waals surface area contributed by atoms with Crippen molar-refractivity contribution in [3.63, 3.8) is 0 Å². The highest BCUT2D eigenvalue weighted by Gasteiger charge is 2.13. The summed E-state index contributed by atoms with van der Waals surface area (Å²) in [7, 11) is 0. The number of alkyl halides is 1. The lowest BCUT2D eigenvalue weighted by Crippen LogP contribution is -2.01. The first-order chi connectivity index (χ1) is 14.2. The standard InChI is InChI=1S/C21H20ClN5O2/c1-14-10-15(5-6-19(14)29-13-16-4-2-3-8-24-16)25-17-11-23-12-18-20(17)21(27-26-18)28-9-7-22/h2-6,8,10-12,25H,7,9,13H2,1H3,(H,26,27). The van der Waals surface area contributed by atoms with Crippen molar-refractivity contribution in [2.75, 3.05) is 17.8 Å². The summed E-state index contributed by atoms with van der Waals surface area (Å²) in [5.41, 5.74) is 4.38. The average molecular weight is 410 g/mol. The molecular weight excluding hydrogens is 390 g/mol. The van der Waals surface area contributed by atoms with Crippen LogP contribution in [0.3, 0.4) is 0 Å². The van der Waals surface area contributed by atoms with Gasteiger partial charge in [0.15, 0.2) is 0 Å². The molecular formula is C21H20ClN5O2. The van der Waals surface area contributed by atoms with E-state index in [1.165, 1.54) is 0 Å². The van der Waals surface area contributed by atoms with Crippen LogP contribution in [-0.2, 0) is 6.61 Å². The van der Waals surface area contributed by atoms with Gasteiger partial charge in [-0.25, -0.2) is 0 Å². The van der Waals surface area contributed by atoms with Crippen molar-refractivity contribution < 1.29 is 9.47 Å². The highest BCUT2D eigenvalue weighted by Crippen LogP contribution is 2.32. The molecule has 0 aliphatic carbocycles. The van der Waals surface area contributed by atoms with E-state index in [-0.39, 0.29) is 0 Å². The number of hydrogen-bond donors (Lipinski definition) is 2. The second kappa shape index (κ2) is 8.79. The molecule has 0 fully saturated rings. The predicted octanol–water partition coefficient (Wildman–Crippen LogP) is 4.60. The minimum absolute atomic E-state index is 0.380. The van der Waals surface area contributed by atoms with E-state index in [4.69, 9.17) is 21.1 Å². The molecule has 148 valence electrons. The topological polar surface area (TPSA) is 85.0 Å². The van der Waals surface area contributed by atoms with Crippen molar-refractivity contribution >= 4 is 33.9 Å². The number of hydrogen-bond acceptors (Lipinski definition) is 6. The molecule has 3 heterocycles. The van der Waals surface area contributed by atoms with E-state index in [1.54, 1.807) is 18.6 Å². The van der Waals surface area contributed by atoms with Gasteiger partial charge in [0.25, 0.3) is 0 Å². The molecule has 0 saturated heterocycles. The number of aryl methyl sites for hydroxylation is 1. The molecule has 0 bridgehead atoms. The van der Waals surface area contributed by atoms with Crippen LogP contribution in [0.2, 0.25) is 0 Å². The molecule has 0 aliphatic heterocycles.